The molecule has 0 spiro atoms. The van der Waals surface area contributed by atoms with E-state index in [4.69, 9.17) is 54.7 Å². The number of carboxylic acids is 1. The number of rotatable bonds is 46. The lowest BCUT2D eigenvalue weighted by Gasteiger charge is -2.42. The number of imidazole rings is 1. The highest BCUT2D eigenvalue weighted by Crippen LogP contribution is 2.45. The first-order chi connectivity index (χ1) is 65.2. The number of alkyl carbamates (subject to hydrolysis) is 1. The molecule has 9 amide bonds. The van der Waals surface area contributed by atoms with Crippen LogP contribution in [-0.2, 0) is 73.4 Å². The lowest BCUT2D eigenvalue weighted by Crippen LogP contribution is -2.61. The number of aromatic nitrogens is 3. The average Bonchev–Trinajstić information content (AvgIpc) is 1.46. The highest BCUT2D eigenvalue weighted by atomic mass is 35.5. The van der Waals surface area contributed by atoms with Crippen molar-refractivity contribution in [3.05, 3.63) is 131 Å². The maximum absolute atomic E-state index is 15.3. The summed E-state index contributed by atoms with van der Waals surface area (Å²) >= 11 is 6.45. The van der Waals surface area contributed by atoms with Crippen molar-refractivity contribution in [2.75, 3.05) is 89.8 Å². The largest absolute Gasteiger partial charge is 0.479 e. The van der Waals surface area contributed by atoms with Crippen molar-refractivity contribution < 1.29 is 111 Å². The van der Waals surface area contributed by atoms with Gasteiger partial charge in [0, 0.05) is 109 Å². The number of fused-ring (bicyclic) bond motifs is 1. The van der Waals surface area contributed by atoms with Crippen molar-refractivity contribution in [2.24, 2.45) is 29.6 Å². The number of aliphatic carboxylic acids is 1. The van der Waals surface area contributed by atoms with Crippen LogP contribution in [-0.4, -0.2) is 286 Å². The van der Waals surface area contributed by atoms with Crippen LogP contribution in [0, 0.1) is 42.3 Å². The van der Waals surface area contributed by atoms with Crippen LogP contribution in [0.25, 0.3) is 33.5 Å². The zero-order valence-electron chi connectivity index (χ0n) is 82.4. The Balaban J connectivity index is 0.786. The number of hydrogen-bond donors (Lipinski definition) is 14. The smallest absolute Gasteiger partial charge is 0.410 e. The Morgan fingerprint density at radius 2 is 1.43 bits per heavy atom. The molecule has 3 aliphatic rings. The van der Waals surface area contributed by atoms with E-state index in [9.17, 15) is 68.7 Å². The van der Waals surface area contributed by atoms with Gasteiger partial charge >= 0.3 is 18.2 Å². The second kappa shape index (κ2) is 50.5. The lowest BCUT2D eigenvalue weighted by molar-refractivity contribution is -0.271. The molecule has 3 aliphatic heterocycles. The van der Waals surface area contributed by atoms with Crippen LogP contribution in [0.1, 0.15) is 171 Å². The first kappa shape index (κ1) is 110. The third kappa shape index (κ3) is 29.4. The molecule has 0 saturated carbocycles. The van der Waals surface area contributed by atoms with Crippen molar-refractivity contribution in [3.8, 4) is 28.3 Å². The fourth-order valence-corrected chi connectivity index (χ4v) is 17.8. The molecule has 37 nitrogen and oxygen atoms in total. The van der Waals surface area contributed by atoms with E-state index in [-0.39, 0.29) is 92.4 Å². The number of likely N-dealkylation sites (tertiary alicyclic amines) is 1. The number of aromatic amines is 1. The normalized spacial score (nSPS) is 19.3. The second-order valence-electron chi connectivity index (χ2n) is 38.0. The number of aliphatic hydroxyl groups is 4. The summed E-state index contributed by atoms with van der Waals surface area (Å²) in [5.74, 6) is -7.99. The zero-order chi connectivity index (χ0) is 102. The van der Waals surface area contributed by atoms with Gasteiger partial charge in [-0.15, -0.1) is 0 Å². The molecular formula is C99H141ClFN15O22. The molecule has 14 N–H and O–H groups in total. The average molecular weight is 1950 g/mol. The number of carbonyl (C=O) groups excluding carboxylic acids is 9. The molecule has 138 heavy (non-hydrogen) atoms. The van der Waals surface area contributed by atoms with Gasteiger partial charge in [0.1, 0.15) is 77.9 Å². The van der Waals surface area contributed by atoms with E-state index in [1.807, 2.05) is 38.1 Å². The number of piperidine rings is 1. The van der Waals surface area contributed by atoms with Gasteiger partial charge in [-0.05, 0) is 156 Å². The number of hydrogen-bond acceptors (Lipinski definition) is 26. The number of carbonyl (C=O) groups is 10. The predicted molar refractivity (Wildman–Crippen MR) is 518 cm³/mol. The summed E-state index contributed by atoms with van der Waals surface area (Å²) < 4.78 is 56.1. The fraction of sp³-hybridized carbons (Fsp3) is 0.576. The molecule has 9 rings (SSSR count). The van der Waals surface area contributed by atoms with E-state index in [0.717, 1.165) is 17.0 Å². The van der Waals surface area contributed by atoms with Crippen molar-refractivity contribution >= 4 is 99.3 Å². The molecule has 0 unspecified atom stereocenters. The number of methoxy groups -OCH3 is 2. The Labute approximate surface area is 811 Å². The van der Waals surface area contributed by atoms with Gasteiger partial charge in [-0.2, -0.15) is 0 Å². The number of nitrogens with zero attached hydrogens (tertiary/aromatic N) is 6. The van der Waals surface area contributed by atoms with E-state index in [2.05, 4.69) is 63.9 Å². The lowest BCUT2D eigenvalue weighted by atomic mass is 9.89. The molecular weight excluding hydrogens is 1810 g/mol. The Morgan fingerprint density at radius 3 is 2.06 bits per heavy atom. The molecule has 4 aromatic carbocycles. The number of anilines is 3. The number of halogens is 2. The Morgan fingerprint density at radius 1 is 0.746 bits per heavy atom. The number of nitrogens with one attached hydrogen (secondary N) is 9. The summed E-state index contributed by atoms with van der Waals surface area (Å²) in [5.41, 5.74) is 5.13. The molecule has 17 atom stereocenters. The van der Waals surface area contributed by atoms with Gasteiger partial charge < -0.3 is 121 Å². The van der Waals surface area contributed by atoms with Crippen LogP contribution >= 0.6 is 11.6 Å². The van der Waals surface area contributed by atoms with Gasteiger partial charge in [-0.1, -0.05) is 129 Å². The molecule has 5 heterocycles. The molecule has 0 aliphatic carbocycles. The molecule has 0 radical (unpaired) electrons. The third-order valence-electron chi connectivity index (χ3n) is 25.3. The van der Waals surface area contributed by atoms with Gasteiger partial charge in [-0.3, -0.25) is 38.5 Å². The van der Waals surface area contributed by atoms with Gasteiger partial charge in [0.15, 0.2) is 6.10 Å². The first-order valence-corrected chi connectivity index (χ1v) is 47.5. The van der Waals surface area contributed by atoms with E-state index in [0.29, 0.717) is 107 Å². The number of benzene rings is 4. The molecule has 2 aromatic heterocycles. The summed E-state index contributed by atoms with van der Waals surface area (Å²) in [4.78, 5) is 158. The number of carboxylic acid groups (broad SMARTS) is 1. The number of likely N-dealkylation sites (N-methyl/N-ethyl adjacent to an activating group) is 2. The van der Waals surface area contributed by atoms with Crippen molar-refractivity contribution in [2.45, 2.75) is 265 Å². The standard InChI is InChI=1S/C99H141ClFN15O22/c1-21-56(9)80(73(132-19)46-57(10)116-39-25-28-71(116)86(133-20)58(11)90(123)105-59(12)82(119)62-26-23-22-24-27-62)113(17)94(127)78(53(4)5)112-93(126)79(54(6)7)114(18)98(131)135-51-61-29-31-69(72(47-61)136-96-85(122)83(120)84(121)87(137-96)95(128)129)110-91(124)60(13)106-92(125)77(52(2)3)111-75(118)36-43-134-42-35-74(117)102-37-38-103-88-76(89-108-68-32-30-64(100)49-70(68)109-89)81(67(50-104-88)63-44-55(8)45-65(101)48-63)115-40-33-66(34-41-115)107-97(130)138-99(14,15)16/h22-24,26-27,29-32,44-45,47-50,52-54,56,58-60,66,71,73,77-80,82-87,96,119-122H,10,21,25,28,33-43,46,51H2,1-9,11-20H3,(H,102,117)(H,103,104)(H,105,123)(H,106,125)(H,107,130)(H,108,109)(H,110,124)(H,111,118)(H,112,126)(H,128,129)/t56-,58+,59+,60-,71-,73+,77-,78-,79-,80-,82+,83-,84-,85+,86+,87-,96+/m0/s1. The molecule has 0 bridgehead atoms. The number of aliphatic hydroxyl groups excluding tert-OH is 4. The summed E-state index contributed by atoms with van der Waals surface area (Å²) in [5, 5.41) is 77.0. The number of amides is 9. The third-order valence-corrected chi connectivity index (χ3v) is 25.5. The first-order valence-electron chi connectivity index (χ1n) is 47.2. The van der Waals surface area contributed by atoms with E-state index in [1.165, 1.54) is 44.3 Å². The number of ether oxygens (including phenoxy) is 7. The molecule has 39 heteroatoms. The second-order valence-corrected chi connectivity index (χ2v) is 38.4. The van der Waals surface area contributed by atoms with Crippen LogP contribution in [0.5, 0.6) is 5.75 Å². The summed E-state index contributed by atoms with van der Waals surface area (Å²) in [6.45, 7) is 32.1. The van der Waals surface area contributed by atoms with Gasteiger partial charge in [0.05, 0.1) is 83.5 Å². The van der Waals surface area contributed by atoms with E-state index in [1.54, 1.807) is 146 Å². The monoisotopic (exact) mass is 1950 g/mol. The van der Waals surface area contributed by atoms with Gasteiger partial charge in [0.25, 0.3) is 0 Å². The van der Waals surface area contributed by atoms with E-state index >= 15 is 9.18 Å². The minimum absolute atomic E-state index is 0.0778. The number of pyridine rings is 1. The highest BCUT2D eigenvalue weighted by Gasteiger charge is 2.49. The predicted octanol–water partition coefficient (Wildman–Crippen LogP) is 9.65. The highest BCUT2D eigenvalue weighted by molar-refractivity contribution is 6.31. The maximum atomic E-state index is 15.3. The van der Waals surface area contributed by atoms with Crippen LogP contribution in [0.3, 0.4) is 0 Å². The van der Waals surface area contributed by atoms with Crippen LogP contribution in [0.4, 0.5) is 31.2 Å². The molecule has 758 valence electrons. The van der Waals surface area contributed by atoms with Crippen molar-refractivity contribution in [1.82, 2.24) is 61.6 Å². The van der Waals surface area contributed by atoms with Crippen molar-refractivity contribution in [1.29, 1.82) is 0 Å². The number of H-pyrrole nitrogens is 1. The summed E-state index contributed by atoms with van der Waals surface area (Å²) in [6.07, 6.45) is -9.18. The minimum Gasteiger partial charge on any atom is -0.479 e. The van der Waals surface area contributed by atoms with Crippen LogP contribution < -0.4 is 52.2 Å². The maximum Gasteiger partial charge on any atom is 0.410 e. The van der Waals surface area contributed by atoms with Crippen LogP contribution in [0.15, 0.2) is 103 Å². The number of aryl methyl sites for hydroxylation is 1. The molecule has 3 saturated heterocycles. The Hall–Kier alpha value is -11.4. The minimum atomic E-state index is -2.12. The molecule has 3 fully saturated rings. The topological polar surface area (TPSA) is 487 Å². The molecule has 6 aromatic rings. The van der Waals surface area contributed by atoms with Gasteiger partial charge in [-0.25, -0.2) is 28.7 Å². The van der Waals surface area contributed by atoms with Gasteiger partial charge in [0.2, 0.25) is 47.6 Å². The zero-order valence-corrected chi connectivity index (χ0v) is 83.2. The summed E-state index contributed by atoms with van der Waals surface area (Å²) in [6, 6.07) is 16.6. The Bertz CT molecular complexity index is 5150. The summed E-state index contributed by atoms with van der Waals surface area (Å²) in [7, 11) is 6.16. The quantitative estimate of drug-likeness (QED) is 0.0158. The Kier molecular flexibility index (Phi) is 40.3. The SMILES string of the molecule is C=C(C[C@@H](OC)[C@H]([C@@H](C)CC)N(C)C(=O)[C@@H](NC(=O)[C@H](C(C)C)N(C)C(=O)OCc1ccc(NC(=O)[C@H](C)NC(=O)[C@@H](NC(=O)CCOCCC(=O)NCCNc2ncc(-c3cc(C)cc(F)c3)c(N3CCC(NC(=O)OC(C)(C)C)CC3)c2-c2nc3ccc(Cl)cc3[nH]2)C(C)C)c(O[C@@H]2O[C@H](C(=O)O)[C@@H](O)[C@H](O)[C@H]2O)c1)C(C)C)N1CCC[C@H]1[C@H](OC)[C@@H](C)C(=O)N[C@H](C)[C@@H](O)c1ccccc1. The van der Waals surface area contributed by atoms with Crippen LogP contribution in [0.2, 0.25) is 5.02 Å². The van der Waals surface area contributed by atoms with Crippen molar-refractivity contribution in [3.63, 3.8) is 0 Å². The fourth-order valence-electron chi connectivity index (χ4n) is 17.6. The van der Waals surface area contributed by atoms with E-state index < -0.39 is 175 Å².